The van der Waals surface area contributed by atoms with Gasteiger partial charge in [-0.3, -0.25) is 4.79 Å². The van der Waals surface area contributed by atoms with Crippen LogP contribution in [0.25, 0.3) is 11.1 Å². The summed E-state index contributed by atoms with van der Waals surface area (Å²) in [6.45, 7) is 4.92. The molecule has 136 valence electrons. The lowest BCUT2D eigenvalue weighted by atomic mass is 10.1. The van der Waals surface area contributed by atoms with Gasteiger partial charge in [0.2, 0.25) is 0 Å². The number of ether oxygens (including phenoxy) is 1. The molecule has 0 aliphatic rings. The normalized spacial score (nSPS) is 11.1. The van der Waals surface area contributed by atoms with Crippen LogP contribution in [0.2, 0.25) is 0 Å². The topological polar surface area (TPSA) is 68.5 Å². The number of carbonyl (C=O) groups excluding carboxylic acids is 1. The summed E-state index contributed by atoms with van der Waals surface area (Å²) in [7, 11) is 1.74. The summed E-state index contributed by atoms with van der Waals surface area (Å²) in [6.07, 6.45) is 1.52. The van der Waals surface area contributed by atoms with Crippen LogP contribution in [0.3, 0.4) is 0 Å². The van der Waals surface area contributed by atoms with E-state index < -0.39 is 0 Å². The van der Waals surface area contributed by atoms with E-state index in [1.165, 1.54) is 6.20 Å². The van der Waals surface area contributed by atoms with Crippen molar-refractivity contribution in [2.24, 2.45) is 0 Å². The number of likely N-dealkylation sites (N-methyl/N-ethyl adjacent to an activating group) is 1. The Bertz CT molecular complexity index is 906. The van der Waals surface area contributed by atoms with Gasteiger partial charge < -0.3 is 14.2 Å². The molecule has 3 aromatic rings. The van der Waals surface area contributed by atoms with Gasteiger partial charge in [-0.15, -0.1) is 0 Å². The number of hydrogen-bond acceptors (Lipinski definition) is 5. The highest BCUT2D eigenvalue weighted by Crippen LogP contribution is 2.24. The first-order valence-electron chi connectivity index (χ1n) is 8.35. The summed E-state index contributed by atoms with van der Waals surface area (Å²) < 4.78 is 11.9. The van der Waals surface area contributed by atoms with Crippen LogP contribution in [-0.2, 0) is 0 Å². The molecule has 0 saturated carbocycles. The van der Waals surface area contributed by atoms with Crippen LogP contribution in [0, 0.1) is 0 Å². The van der Waals surface area contributed by atoms with Gasteiger partial charge in [0.25, 0.3) is 11.6 Å². The monoisotopic (exact) mass is 417 g/mol. The van der Waals surface area contributed by atoms with Gasteiger partial charge in [0.05, 0.1) is 23.2 Å². The Labute approximate surface area is 160 Å². The molecule has 0 atom stereocenters. The minimum Gasteiger partial charge on any atom is -0.492 e. The largest absolute Gasteiger partial charge is 0.492 e. The molecule has 0 N–H and O–H groups in total. The lowest BCUT2D eigenvalue weighted by Crippen LogP contribution is -2.31. The fourth-order valence-corrected chi connectivity index (χ4v) is 2.80. The Hall–Kier alpha value is -2.41. The van der Waals surface area contributed by atoms with Gasteiger partial charge >= 0.3 is 0 Å². The average molecular weight is 418 g/mol. The zero-order chi connectivity index (χ0) is 18.7. The molecule has 2 aromatic heterocycles. The lowest BCUT2D eigenvalue weighted by molar-refractivity contribution is 0.0773. The maximum atomic E-state index is 12.7. The van der Waals surface area contributed by atoms with Crippen LogP contribution in [0.5, 0.6) is 5.75 Å². The number of fused-ring (bicyclic) bond motifs is 1. The molecule has 0 saturated heterocycles. The second kappa shape index (κ2) is 7.86. The van der Waals surface area contributed by atoms with E-state index in [1.54, 1.807) is 18.0 Å². The van der Waals surface area contributed by atoms with Crippen molar-refractivity contribution in [3.8, 4) is 5.75 Å². The molecule has 1 amide bonds. The third-order valence-electron chi connectivity index (χ3n) is 4.01. The average Bonchev–Trinajstić information content (AvgIpc) is 3.06. The van der Waals surface area contributed by atoms with E-state index in [1.807, 2.05) is 38.1 Å². The molecule has 0 radical (unpaired) electrons. The van der Waals surface area contributed by atoms with Crippen LogP contribution in [0.15, 0.2) is 45.5 Å². The molecule has 1 aromatic carbocycles. The Morgan fingerprint density at radius 3 is 2.73 bits per heavy atom. The predicted octanol–water partition coefficient (Wildman–Crippen LogP) is 4.26. The van der Waals surface area contributed by atoms with Gasteiger partial charge in [0.1, 0.15) is 12.4 Å². The van der Waals surface area contributed by atoms with Crippen molar-refractivity contribution in [2.75, 3.05) is 20.2 Å². The predicted molar refractivity (Wildman–Crippen MR) is 102 cm³/mol. The molecular weight excluding hydrogens is 398 g/mol. The fraction of sp³-hybridized carbons (Fsp3) is 0.316. The number of hydrogen-bond donors (Lipinski definition) is 0. The van der Waals surface area contributed by atoms with E-state index in [0.717, 1.165) is 21.3 Å². The Morgan fingerprint density at radius 1 is 1.31 bits per heavy atom. The number of aromatic nitrogens is 2. The van der Waals surface area contributed by atoms with Gasteiger partial charge in [-0.1, -0.05) is 34.9 Å². The molecule has 2 heterocycles. The highest BCUT2D eigenvalue weighted by molar-refractivity contribution is 9.10. The summed E-state index contributed by atoms with van der Waals surface area (Å²) in [5.74, 6) is 0.846. The van der Waals surface area contributed by atoms with Crippen molar-refractivity contribution in [3.63, 3.8) is 0 Å². The summed E-state index contributed by atoms with van der Waals surface area (Å²) in [5.41, 5.74) is 1.77. The Morgan fingerprint density at radius 2 is 2.04 bits per heavy atom. The molecule has 7 heteroatoms. The molecule has 0 fully saturated rings. The first-order valence-corrected chi connectivity index (χ1v) is 9.14. The van der Waals surface area contributed by atoms with E-state index in [4.69, 9.17) is 9.26 Å². The van der Waals surface area contributed by atoms with Gasteiger partial charge in [0, 0.05) is 17.7 Å². The minimum atomic E-state index is -0.116. The molecule has 0 aliphatic heterocycles. The number of benzene rings is 1. The maximum Gasteiger partial charge on any atom is 0.257 e. The van der Waals surface area contributed by atoms with Crippen LogP contribution in [0.4, 0.5) is 0 Å². The summed E-state index contributed by atoms with van der Waals surface area (Å²) in [5, 5.41) is 4.83. The molecule has 6 nitrogen and oxygen atoms in total. The Balaban J connectivity index is 1.65. The number of carbonyl (C=O) groups is 1. The summed E-state index contributed by atoms with van der Waals surface area (Å²) in [6, 6.07) is 9.38. The van der Waals surface area contributed by atoms with Gasteiger partial charge in [0.15, 0.2) is 0 Å². The second-order valence-electron chi connectivity index (χ2n) is 6.33. The van der Waals surface area contributed by atoms with Crippen LogP contribution < -0.4 is 4.74 Å². The van der Waals surface area contributed by atoms with Crippen molar-refractivity contribution in [2.45, 2.75) is 19.8 Å². The van der Waals surface area contributed by atoms with E-state index >= 15 is 0 Å². The SMILES string of the molecule is CC(C)c1noc2ncc(C(=O)N(C)CCOc3ccc(Br)cc3)cc12. The molecule has 3 rings (SSSR count). The first kappa shape index (κ1) is 18.4. The van der Waals surface area contributed by atoms with Crippen molar-refractivity contribution in [1.29, 1.82) is 0 Å². The first-order chi connectivity index (χ1) is 12.5. The fourth-order valence-electron chi connectivity index (χ4n) is 2.54. The molecule has 0 aliphatic carbocycles. The number of amides is 1. The molecule has 0 unspecified atom stereocenters. The molecule has 0 bridgehead atoms. The van der Waals surface area contributed by atoms with E-state index in [0.29, 0.717) is 24.4 Å². The summed E-state index contributed by atoms with van der Waals surface area (Å²) in [4.78, 5) is 18.5. The van der Waals surface area contributed by atoms with Crippen molar-refractivity contribution in [3.05, 3.63) is 52.3 Å². The Kier molecular flexibility index (Phi) is 5.56. The van der Waals surface area contributed by atoms with Crippen LogP contribution in [0.1, 0.15) is 35.8 Å². The number of nitrogens with zero attached hydrogens (tertiary/aromatic N) is 3. The van der Waals surface area contributed by atoms with Gasteiger partial charge in [-0.25, -0.2) is 4.98 Å². The van der Waals surface area contributed by atoms with E-state index in [9.17, 15) is 4.79 Å². The van der Waals surface area contributed by atoms with E-state index in [-0.39, 0.29) is 11.8 Å². The zero-order valence-corrected chi connectivity index (χ0v) is 16.5. The maximum absolute atomic E-state index is 12.7. The summed E-state index contributed by atoms with van der Waals surface area (Å²) >= 11 is 3.38. The van der Waals surface area contributed by atoms with Crippen molar-refractivity contribution >= 4 is 32.9 Å². The zero-order valence-electron chi connectivity index (χ0n) is 14.9. The highest BCUT2D eigenvalue weighted by atomic mass is 79.9. The van der Waals surface area contributed by atoms with Crippen LogP contribution >= 0.6 is 15.9 Å². The second-order valence-corrected chi connectivity index (χ2v) is 7.24. The standard InChI is InChI=1S/C19H20BrN3O3/c1-12(2)17-16-10-13(11-21-18(16)26-22-17)19(24)23(3)8-9-25-15-6-4-14(20)5-7-15/h4-7,10-12H,8-9H2,1-3H3. The number of pyridine rings is 1. The molecule has 26 heavy (non-hydrogen) atoms. The quantitative estimate of drug-likeness (QED) is 0.599. The smallest absolute Gasteiger partial charge is 0.257 e. The van der Waals surface area contributed by atoms with Gasteiger partial charge in [-0.05, 0) is 36.2 Å². The third kappa shape index (κ3) is 4.04. The third-order valence-corrected chi connectivity index (χ3v) is 4.54. The number of rotatable bonds is 6. The molecular formula is C19H20BrN3O3. The minimum absolute atomic E-state index is 0.116. The van der Waals surface area contributed by atoms with Crippen molar-refractivity contribution in [1.82, 2.24) is 15.0 Å². The van der Waals surface area contributed by atoms with Crippen molar-refractivity contribution < 1.29 is 14.1 Å². The van der Waals surface area contributed by atoms with Gasteiger partial charge in [-0.2, -0.15) is 0 Å². The molecule has 0 spiro atoms. The number of halogens is 1. The van der Waals surface area contributed by atoms with E-state index in [2.05, 4.69) is 26.1 Å². The highest BCUT2D eigenvalue weighted by Gasteiger charge is 2.17. The lowest BCUT2D eigenvalue weighted by Gasteiger charge is -2.17. The van der Waals surface area contributed by atoms with Crippen LogP contribution in [-0.4, -0.2) is 41.1 Å².